The van der Waals surface area contributed by atoms with Gasteiger partial charge in [0.15, 0.2) is 12.9 Å². The van der Waals surface area contributed by atoms with Crippen molar-refractivity contribution in [3.05, 3.63) is 28.2 Å². The van der Waals surface area contributed by atoms with Crippen molar-refractivity contribution in [3.8, 4) is 5.75 Å². The van der Waals surface area contributed by atoms with E-state index < -0.39 is 11.6 Å². The second-order valence-electron chi connectivity index (χ2n) is 4.68. The highest BCUT2D eigenvalue weighted by atomic mass is 79.9. The number of ether oxygens (including phenoxy) is 2. The molecule has 1 aromatic carbocycles. The second-order valence-corrected chi connectivity index (χ2v) is 5.53. The highest BCUT2D eigenvalue weighted by Gasteiger charge is 2.16. The third kappa shape index (κ3) is 4.87. The molecule has 0 amide bonds. The van der Waals surface area contributed by atoms with E-state index in [1.54, 1.807) is 39.0 Å². The molecule has 0 heterocycles. The van der Waals surface area contributed by atoms with Crippen LogP contribution in [-0.2, 0) is 9.53 Å². The number of carbonyl (C=O) groups is 2. The van der Waals surface area contributed by atoms with Crippen LogP contribution >= 0.6 is 15.9 Å². The van der Waals surface area contributed by atoms with Crippen LogP contribution in [0.5, 0.6) is 5.75 Å². The average Bonchev–Trinajstić information content (AvgIpc) is 2.24. The van der Waals surface area contributed by atoms with Gasteiger partial charge in [0.2, 0.25) is 0 Å². The van der Waals surface area contributed by atoms with Gasteiger partial charge in [-0.2, -0.15) is 0 Å². The maximum absolute atomic E-state index is 11.4. The molecule has 0 unspecified atom stereocenters. The summed E-state index contributed by atoms with van der Waals surface area (Å²) in [5, 5.41) is 0. The first kappa shape index (κ1) is 14.7. The molecule has 0 radical (unpaired) electrons. The summed E-state index contributed by atoms with van der Waals surface area (Å²) in [5.41, 5.74) is 0.00203. The van der Waals surface area contributed by atoms with E-state index in [1.807, 2.05) is 0 Å². The molecule has 1 rings (SSSR count). The standard InChI is InChI=1S/C13H15BrO4/c1-13(2,3)18-12(16)8-17-10-5-4-9(7-15)11(14)6-10/h4-7H,8H2,1-3H3. The molecule has 5 heteroatoms. The van der Waals surface area contributed by atoms with E-state index >= 15 is 0 Å². The SMILES string of the molecule is CC(C)(C)OC(=O)COc1ccc(C=O)c(Br)c1. The lowest BCUT2D eigenvalue weighted by Gasteiger charge is -2.19. The molecular weight excluding hydrogens is 300 g/mol. The Hall–Kier alpha value is -1.36. The molecule has 0 bridgehead atoms. The van der Waals surface area contributed by atoms with Crippen molar-refractivity contribution in [3.63, 3.8) is 0 Å². The summed E-state index contributed by atoms with van der Waals surface area (Å²) in [6, 6.07) is 4.87. The molecule has 0 aliphatic rings. The van der Waals surface area contributed by atoms with Gasteiger partial charge in [-0.3, -0.25) is 4.79 Å². The van der Waals surface area contributed by atoms with Crippen molar-refractivity contribution < 1.29 is 19.1 Å². The summed E-state index contributed by atoms with van der Waals surface area (Å²) in [7, 11) is 0. The van der Waals surface area contributed by atoms with Gasteiger partial charge < -0.3 is 9.47 Å². The summed E-state index contributed by atoms with van der Waals surface area (Å²) < 4.78 is 11.0. The van der Waals surface area contributed by atoms with Gasteiger partial charge in [0.05, 0.1) is 0 Å². The Bertz CT molecular complexity index is 449. The monoisotopic (exact) mass is 314 g/mol. The average molecular weight is 315 g/mol. The van der Waals surface area contributed by atoms with E-state index in [0.29, 0.717) is 15.8 Å². The largest absolute Gasteiger partial charge is 0.482 e. The highest BCUT2D eigenvalue weighted by molar-refractivity contribution is 9.10. The molecule has 0 N–H and O–H groups in total. The minimum Gasteiger partial charge on any atom is -0.482 e. The van der Waals surface area contributed by atoms with Crippen molar-refractivity contribution in [2.75, 3.05) is 6.61 Å². The van der Waals surface area contributed by atoms with Crippen LogP contribution in [0.2, 0.25) is 0 Å². The molecule has 0 saturated carbocycles. The Kier molecular flexibility index (Phi) is 4.90. The number of rotatable bonds is 4. The Balaban J connectivity index is 2.56. The van der Waals surface area contributed by atoms with Crippen molar-refractivity contribution >= 4 is 28.2 Å². The fraction of sp³-hybridized carbons (Fsp3) is 0.385. The van der Waals surface area contributed by atoms with Gasteiger partial charge >= 0.3 is 5.97 Å². The van der Waals surface area contributed by atoms with Gasteiger partial charge in [-0.25, -0.2) is 4.79 Å². The lowest BCUT2D eigenvalue weighted by Crippen LogP contribution is -2.27. The molecule has 0 aromatic heterocycles. The molecule has 4 nitrogen and oxygen atoms in total. The van der Waals surface area contributed by atoms with Gasteiger partial charge in [-0.15, -0.1) is 0 Å². The lowest BCUT2D eigenvalue weighted by atomic mass is 10.2. The highest BCUT2D eigenvalue weighted by Crippen LogP contribution is 2.22. The molecule has 0 aliphatic carbocycles. The maximum Gasteiger partial charge on any atom is 0.344 e. The fourth-order valence-corrected chi connectivity index (χ4v) is 1.66. The van der Waals surface area contributed by atoms with Gasteiger partial charge in [-0.1, -0.05) is 0 Å². The van der Waals surface area contributed by atoms with Crippen molar-refractivity contribution in [2.24, 2.45) is 0 Å². The van der Waals surface area contributed by atoms with E-state index in [1.165, 1.54) is 0 Å². The topological polar surface area (TPSA) is 52.6 Å². The predicted molar refractivity (Wildman–Crippen MR) is 70.9 cm³/mol. The van der Waals surface area contributed by atoms with Crippen molar-refractivity contribution in [1.82, 2.24) is 0 Å². The van der Waals surface area contributed by atoms with Gasteiger partial charge in [0.25, 0.3) is 0 Å². The van der Waals surface area contributed by atoms with Crippen LogP contribution < -0.4 is 4.74 Å². The van der Waals surface area contributed by atoms with Crippen LogP contribution in [0.25, 0.3) is 0 Å². The van der Waals surface area contributed by atoms with Gasteiger partial charge in [-0.05, 0) is 54.9 Å². The van der Waals surface area contributed by atoms with E-state index in [4.69, 9.17) is 9.47 Å². The molecule has 0 atom stereocenters. The maximum atomic E-state index is 11.4. The first-order valence-electron chi connectivity index (χ1n) is 5.41. The van der Waals surface area contributed by atoms with Crippen LogP contribution in [0.15, 0.2) is 22.7 Å². The summed E-state index contributed by atoms with van der Waals surface area (Å²) >= 11 is 3.24. The molecule has 0 fully saturated rings. The number of aldehydes is 1. The zero-order valence-corrected chi connectivity index (χ0v) is 12.1. The number of halogens is 1. The Morgan fingerprint density at radius 1 is 1.39 bits per heavy atom. The van der Waals surface area contributed by atoms with Gasteiger partial charge in [0, 0.05) is 10.0 Å². The minimum absolute atomic E-state index is 0.163. The number of esters is 1. The Morgan fingerprint density at radius 2 is 2.06 bits per heavy atom. The number of hydrogen-bond acceptors (Lipinski definition) is 4. The van der Waals surface area contributed by atoms with E-state index in [9.17, 15) is 9.59 Å². The molecule has 1 aromatic rings. The number of benzene rings is 1. The summed E-state index contributed by atoms with van der Waals surface area (Å²) in [6.45, 7) is 5.21. The van der Waals surface area contributed by atoms with Crippen LogP contribution in [0.1, 0.15) is 31.1 Å². The molecule has 18 heavy (non-hydrogen) atoms. The summed E-state index contributed by atoms with van der Waals surface area (Å²) in [4.78, 5) is 22.0. The van der Waals surface area contributed by atoms with E-state index in [-0.39, 0.29) is 6.61 Å². The predicted octanol–water partition coefficient (Wildman–Crippen LogP) is 2.98. The molecule has 0 spiro atoms. The zero-order chi connectivity index (χ0) is 13.8. The minimum atomic E-state index is -0.525. The second kappa shape index (κ2) is 6.00. The van der Waals surface area contributed by atoms with Gasteiger partial charge in [0.1, 0.15) is 11.4 Å². The summed E-state index contributed by atoms with van der Waals surface area (Å²) in [6.07, 6.45) is 0.738. The summed E-state index contributed by atoms with van der Waals surface area (Å²) in [5.74, 6) is 0.0661. The first-order chi connectivity index (χ1) is 8.31. The third-order valence-electron chi connectivity index (χ3n) is 1.88. The number of hydrogen-bond donors (Lipinski definition) is 0. The zero-order valence-electron chi connectivity index (χ0n) is 10.5. The van der Waals surface area contributed by atoms with E-state index in [2.05, 4.69) is 15.9 Å². The van der Waals surface area contributed by atoms with E-state index in [0.717, 1.165) is 6.29 Å². The molecule has 0 saturated heterocycles. The van der Waals surface area contributed by atoms with Crippen LogP contribution in [0.3, 0.4) is 0 Å². The van der Waals surface area contributed by atoms with Crippen LogP contribution in [-0.4, -0.2) is 24.5 Å². The van der Waals surface area contributed by atoms with Crippen LogP contribution in [0.4, 0.5) is 0 Å². The smallest absolute Gasteiger partial charge is 0.344 e. The van der Waals surface area contributed by atoms with Crippen molar-refractivity contribution in [1.29, 1.82) is 0 Å². The fourth-order valence-electron chi connectivity index (χ4n) is 1.21. The Labute approximate surface area is 114 Å². The molecule has 0 aliphatic heterocycles. The lowest BCUT2D eigenvalue weighted by molar-refractivity contribution is -0.157. The number of carbonyl (C=O) groups excluding carboxylic acids is 2. The first-order valence-corrected chi connectivity index (χ1v) is 6.20. The Morgan fingerprint density at radius 3 is 2.56 bits per heavy atom. The molecular formula is C13H15BrO4. The quantitative estimate of drug-likeness (QED) is 0.633. The van der Waals surface area contributed by atoms with Crippen molar-refractivity contribution in [2.45, 2.75) is 26.4 Å². The van der Waals surface area contributed by atoms with Crippen LogP contribution in [0, 0.1) is 0 Å². The third-order valence-corrected chi connectivity index (χ3v) is 2.56. The normalized spacial score (nSPS) is 10.9. The molecule has 98 valence electrons.